The minimum Gasteiger partial charge on any atom is -0.454 e. The van der Waals surface area contributed by atoms with Gasteiger partial charge in [0.05, 0.1) is 5.69 Å². The van der Waals surface area contributed by atoms with Crippen LogP contribution >= 0.6 is 11.3 Å². The van der Waals surface area contributed by atoms with Crippen molar-refractivity contribution in [3.8, 4) is 22.9 Å². The zero-order chi connectivity index (χ0) is 22.1. The van der Waals surface area contributed by atoms with Crippen molar-refractivity contribution in [3.05, 3.63) is 59.4 Å². The van der Waals surface area contributed by atoms with E-state index in [0.717, 1.165) is 5.69 Å². The predicted octanol–water partition coefficient (Wildman–Crippen LogP) is 2.62. The lowest BCUT2D eigenvalue weighted by atomic mass is 10.2. The highest BCUT2D eigenvalue weighted by molar-refractivity contribution is 7.15. The van der Waals surface area contributed by atoms with Gasteiger partial charge in [0, 0.05) is 35.7 Å². The smallest absolute Gasteiger partial charge is 0.313 e. The third-order valence-electron chi connectivity index (χ3n) is 4.74. The Morgan fingerprint density at radius 1 is 1.12 bits per heavy atom. The Labute approximate surface area is 184 Å². The lowest BCUT2D eigenvalue weighted by Crippen LogP contribution is -2.36. The Hall–Kier alpha value is -3.99. The van der Waals surface area contributed by atoms with Gasteiger partial charge in [0.1, 0.15) is 5.82 Å². The maximum atomic E-state index is 13.5. The fourth-order valence-electron chi connectivity index (χ4n) is 3.19. The van der Waals surface area contributed by atoms with E-state index in [1.54, 1.807) is 34.8 Å². The number of carbonyl (C=O) groups is 2. The van der Waals surface area contributed by atoms with Crippen LogP contribution in [0.4, 0.5) is 10.1 Å². The highest BCUT2D eigenvalue weighted by Crippen LogP contribution is 2.34. The Morgan fingerprint density at radius 3 is 2.88 bits per heavy atom. The third kappa shape index (κ3) is 3.97. The Balaban J connectivity index is 1.18. The van der Waals surface area contributed by atoms with Crippen LogP contribution < -0.4 is 20.1 Å². The molecular formula is C21H16FN5O4S. The Morgan fingerprint density at radius 2 is 2.00 bits per heavy atom. The number of rotatable bonds is 5. The van der Waals surface area contributed by atoms with Crippen LogP contribution in [0.15, 0.2) is 47.8 Å². The first-order valence-electron chi connectivity index (χ1n) is 9.65. The van der Waals surface area contributed by atoms with E-state index in [1.807, 2.05) is 5.38 Å². The summed E-state index contributed by atoms with van der Waals surface area (Å²) in [6.07, 6.45) is 0.439. The van der Waals surface area contributed by atoms with Crippen molar-refractivity contribution in [2.24, 2.45) is 0 Å². The molecule has 0 atom stereocenters. The van der Waals surface area contributed by atoms with Gasteiger partial charge in [-0.25, -0.2) is 8.91 Å². The van der Waals surface area contributed by atoms with Gasteiger partial charge in [-0.1, -0.05) is 12.1 Å². The molecule has 2 amide bonds. The zero-order valence-electron chi connectivity index (χ0n) is 16.5. The Kier molecular flexibility index (Phi) is 5.15. The molecule has 0 fully saturated rings. The van der Waals surface area contributed by atoms with E-state index >= 15 is 0 Å². The van der Waals surface area contributed by atoms with E-state index in [4.69, 9.17) is 9.47 Å². The van der Waals surface area contributed by atoms with Crippen LogP contribution in [0.25, 0.3) is 16.3 Å². The van der Waals surface area contributed by atoms with Gasteiger partial charge in [0.2, 0.25) is 11.8 Å². The second kappa shape index (κ2) is 8.27. The molecule has 2 aromatic carbocycles. The van der Waals surface area contributed by atoms with Gasteiger partial charge in [-0.2, -0.15) is 4.98 Å². The quantitative estimate of drug-likeness (QED) is 0.450. The summed E-state index contributed by atoms with van der Waals surface area (Å²) in [6, 6.07) is 11.0. The lowest BCUT2D eigenvalue weighted by Gasteiger charge is -2.07. The molecule has 4 aromatic rings. The van der Waals surface area contributed by atoms with Crippen molar-refractivity contribution in [3.63, 3.8) is 0 Å². The molecule has 1 aliphatic rings. The SMILES string of the molecule is O=C(NCCc1csc2nc(-c3cccc(F)c3)nn12)C(=O)Nc1ccc2c(c1)OCO2. The number of nitrogens with one attached hydrogen (secondary N) is 2. The molecule has 0 aliphatic carbocycles. The summed E-state index contributed by atoms with van der Waals surface area (Å²) in [5.74, 6) is -0.382. The van der Waals surface area contributed by atoms with E-state index in [9.17, 15) is 14.0 Å². The molecule has 0 saturated carbocycles. The van der Waals surface area contributed by atoms with Crippen LogP contribution in [0.1, 0.15) is 5.69 Å². The number of benzene rings is 2. The molecule has 9 nitrogen and oxygen atoms in total. The molecule has 0 spiro atoms. The van der Waals surface area contributed by atoms with Crippen molar-refractivity contribution in [2.45, 2.75) is 6.42 Å². The summed E-state index contributed by atoms with van der Waals surface area (Å²) in [5, 5.41) is 11.4. The lowest BCUT2D eigenvalue weighted by molar-refractivity contribution is -0.136. The molecule has 162 valence electrons. The molecule has 11 heteroatoms. The molecule has 1 aliphatic heterocycles. The van der Waals surface area contributed by atoms with E-state index < -0.39 is 11.8 Å². The molecule has 0 unspecified atom stereocenters. The third-order valence-corrected chi connectivity index (χ3v) is 5.60. The summed E-state index contributed by atoms with van der Waals surface area (Å²) in [5.41, 5.74) is 1.83. The van der Waals surface area contributed by atoms with Gasteiger partial charge in [0.25, 0.3) is 0 Å². The van der Waals surface area contributed by atoms with Gasteiger partial charge in [-0.15, -0.1) is 16.4 Å². The first kappa shape index (κ1) is 19.9. The van der Waals surface area contributed by atoms with E-state index in [0.29, 0.717) is 40.0 Å². The van der Waals surface area contributed by atoms with Crippen molar-refractivity contribution in [1.82, 2.24) is 19.9 Å². The second-order valence-corrected chi connectivity index (χ2v) is 7.73. The molecule has 32 heavy (non-hydrogen) atoms. The van der Waals surface area contributed by atoms with Crippen molar-refractivity contribution in [2.75, 3.05) is 18.7 Å². The van der Waals surface area contributed by atoms with Gasteiger partial charge in [0.15, 0.2) is 17.3 Å². The highest BCUT2D eigenvalue weighted by Gasteiger charge is 2.18. The molecule has 5 rings (SSSR count). The fourth-order valence-corrected chi connectivity index (χ4v) is 4.05. The monoisotopic (exact) mass is 453 g/mol. The van der Waals surface area contributed by atoms with E-state index in [2.05, 4.69) is 20.7 Å². The number of thiazole rings is 1. The van der Waals surface area contributed by atoms with Gasteiger partial charge < -0.3 is 20.1 Å². The van der Waals surface area contributed by atoms with E-state index in [-0.39, 0.29) is 19.2 Å². The molecule has 0 saturated heterocycles. The normalized spacial score (nSPS) is 12.2. The average Bonchev–Trinajstić information content (AvgIpc) is 3.50. The van der Waals surface area contributed by atoms with E-state index in [1.165, 1.54) is 23.5 Å². The molecule has 2 N–H and O–H groups in total. The van der Waals surface area contributed by atoms with Crippen LogP contribution in [0.2, 0.25) is 0 Å². The number of hydrogen-bond donors (Lipinski definition) is 2. The summed E-state index contributed by atoms with van der Waals surface area (Å²) in [6.45, 7) is 0.354. The molecule has 2 aromatic heterocycles. The fraction of sp³-hybridized carbons (Fsp3) is 0.143. The molecular weight excluding hydrogens is 437 g/mol. The largest absolute Gasteiger partial charge is 0.454 e. The van der Waals surface area contributed by atoms with Crippen LogP contribution in [-0.2, 0) is 16.0 Å². The van der Waals surface area contributed by atoms with Crippen LogP contribution in [0, 0.1) is 5.82 Å². The maximum Gasteiger partial charge on any atom is 0.313 e. The number of aromatic nitrogens is 3. The zero-order valence-corrected chi connectivity index (χ0v) is 17.3. The first-order valence-corrected chi connectivity index (χ1v) is 10.5. The summed E-state index contributed by atoms with van der Waals surface area (Å²) in [4.78, 5) is 29.4. The van der Waals surface area contributed by atoms with Gasteiger partial charge in [-0.3, -0.25) is 9.59 Å². The number of halogens is 1. The molecule has 0 radical (unpaired) electrons. The van der Waals surface area contributed by atoms with Crippen molar-refractivity contribution >= 4 is 33.8 Å². The van der Waals surface area contributed by atoms with Crippen LogP contribution in [0.3, 0.4) is 0 Å². The highest BCUT2D eigenvalue weighted by atomic mass is 32.1. The number of hydrogen-bond acceptors (Lipinski definition) is 7. The topological polar surface area (TPSA) is 107 Å². The minimum atomic E-state index is -0.784. The molecule has 3 heterocycles. The van der Waals surface area contributed by atoms with Gasteiger partial charge in [-0.05, 0) is 24.3 Å². The van der Waals surface area contributed by atoms with Crippen molar-refractivity contribution < 1.29 is 23.5 Å². The molecule has 0 bridgehead atoms. The number of fused-ring (bicyclic) bond motifs is 2. The maximum absolute atomic E-state index is 13.5. The predicted molar refractivity (Wildman–Crippen MR) is 114 cm³/mol. The number of nitrogens with zero attached hydrogens (tertiary/aromatic N) is 3. The number of amides is 2. The summed E-state index contributed by atoms with van der Waals surface area (Å²) in [7, 11) is 0. The minimum absolute atomic E-state index is 0.124. The number of ether oxygens (including phenoxy) is 2. The second-order valence-electron chi connectivity index (χ2n) is 6.90. The van der Waals surface area contributed by atoms with Gasteiger partial charge >= 0.3 is 11.8 Å². The van der Waals surface area contributed by atoms with Crippen molar-refractivity contribution in [1.29, 1.82) is 0 Å². The first-order chi connectivity index (χ1) is 15.6. The average molecular weight is 453 g/mol. The number of carbonyl (C=O) groups excluding carboxylic acids is 2. The number of anilines is 1. The van der Waals surface area contributed by atoms with Crippen LogP contribution in [-0.4, -0.2) is 39.8 Å². The standard InChI is InChI=1S/C21H16FN5O4S/c22-13-3-1-2-12(8-13)18-25-21-27(26-18)15(10-32-21)6-7-23-19(28)20(29)24-14-4-5-16-17(9-14)31-11-30-16/h1-5,8-10H,6-7,11H2,(H,23,28)(H,24,29). The Bertz CT molecular complexity index is 1330. The summed E-state index contributed by atoms with van der Waals surface area (Å²) < 4.78 is 25.6. The van der Waals surface area contributed by atoms with Crippen LogP contribution in [0.5, 0.6) is 11.5 Å². The summed E-state index contributed by atoms with van der Waals surface area (Å²) >= 11 is 1.39.